The van der Waals surface area contributed by atoms with Gasteiger partial charge in [0, 0.05) is 11.6 Å². The van der Waals surface area contributed by atoms with Crippen LogP contribution >= 0.6 is 0 Å². The smallest absolute Gasteiger partial charge is 0.289 e. The highest BCUT2D eigenvalue weighted by atomic mass is 17.2. The second-order valence-corrected chi connectivity index (χ2v) is 2.60. The summed E-state index contributed by atoms with van der Waals surface area (Å²) in [6, 6.07) is 0. The van der Waals surface area contributed by atoms with Gasteiger partial charge in [0.15, 0.2) is 5.43 Å². The average Bonchev–Trinajstić information content (AvgIpc) is 2.72. The van der Waals surface area contributed by atoms with Crippen LogP contribution in [0.5, 0.6) is 0 Å². The van der Waals surface area contributed by atoms with Gasteiger partial charge in [-0.25, -0.2) is 19.4 Å². The maximum atomic E-state index is 10.9. The van der Waals surface area contributed by atoms with Crippen LogP contribution in [0, 0.1) is 6.92 Å². The van der Waals surface area contributed by atoms with Gasteiger partial charge < -0.3 is 0 Å². The van der Waals surface area contributed by atoms with Crippen molar-refractivity contribution in [3.63, 3.8) is 0 Å². The van der Waals surface area contributed by atoms with Gasteiger partial charge >= 0.3 is 11.9 Å². The Kier molecular flexibility index (Phi) is 2.81. The molecule has 0 aromatic heterocycles. The van der Waals surface area contributed by atoms with Gasteiger partial charge in [-0.1, -0.05) is 6.08 Å². The molecule has 74 valence electrons. The molecule has 0 saturated carbocycles. The van der Waals surface area contributed by atoms with Gasteiger partial charge in [-0.15, -0.1) is 0 Å². The first-order valence-electron chi connectivity index (χ1n) is 3.89. The average molecular weight is 196 g/mol. The van der Waals surface area contributed by atoms with Crippen LogP contribution in [0.4, 0.5) is 0 Å². The lowest BCUT2D eigenvalue weighted by atomic mass is 10.5. The van der Waals surface area contributed by atoms with Crippen molar-refractivity contribution in [3.05, 3.63) is 33.5 Å². The quantitative estimate of drug-likeness (QED) is 0.389. The summed E-state index contributed by atoms with van der Waals surface area (Å²) in [6.07, 6.45) is 2.52. The van der Waals surface area contributed by atoms with Crippen LogP contribution in [0.2, 0.25) is 0 Å². The monoisotopic (exact) mass is 196 g/mol. The van der Waals surface area contributed by atoms with Crippen molar-refractivity contribution in [3.8, 4) is 0 Å². The zero-order valence-electron chi connectivity index (χ0n) is 7.70. The molecule has 0 saturated heterocycles. The van der Waals surface area contributed by atoms with E-state index in [4.69, 9.17) is 0 Å². The summed E-state index contributed by atoms with van der Waals surface area (Å²) in [5.74, 6) is -1.72. The van der Waals surface area contributed by atoms with Crippen molar-refractivity contribution in [1.29, 1.82) is 0 Å². The molecule has 0 heterocycles. The molecule has 1 rings (SSSR count). The second-order valence-electron chi connectivity index (χ2n) is 2.60. The van der Waals surface area contributed by atoms with E-state index in [0.29, 0.717) is 5.56 Å². The zero-order chi connectivity index (χ0) is 10.7. The molecule has 5 nitrogen and oxygen atoms in total. The second kappa shape index (κ2) is 3.87. The molecule has 0 aliphatic carbocycles. The maximum absolute atomic E-state index is 10.9. The molecule has 1 aromatic carbocycles. The molecule has 0 amide bonds. The van der Waals surface area contributed by atoms with Crippen molar-refractivity contribution in [2.45, 2.75) is 13.8 Å². The Morgan fingerprint density at radius 1 is 1.29 bits per heavy atom. The fraction of sp³-hybridized carbons (Fsp3) is 0.222. The molecule has 0 aliphatic rings. The maximum Gasteiger partial charge on any atom is 0.390 e. The lowest BCUT2D eigenvalue weighted by molar-refractivity contribution is -0.228. The predicted octanol–water partition coefficient (Wildman–Crippen LogP) is 0.422. The number of allylic oxidation sites excluding steroid dienone is 1. The summed E-state index contributed by atoms with van der Waals surface area (Å²) in [6.45, 7) is 3.10. The SMILES string of the molecule is C/C=C/C(=O)OOC(=O)c1c(C)c1=O. The molecule has 0 aliphatic heterocycles. The molecule has 0 fully saturated rings. The van der Waals surface area contributed by atoms with E-state index in [0.717, 1.165) is 6.08 Å². The number of carbonyl (C=O) groups is 2. The highest BCUT2D eigenvalue weighted by Crippen LogP contribution is 2.08. The normalized spacial score (nSPS) is 10.7. The summed E-state index contributed by atoms with van der Waals surface area (Å²) >= 11 is 0. The molecule has 0 atom stereocenters. The Bertz CT molecular complexity index is 406. The van der Waals surface area contributed by atoms with Crippen molar-refractivity contribution in [1.82, 2.24) is 0 Å². The third-order valence-electron chi connectivity index (χ3n) is 1.59. The molecule has 0 spiro atoms. The fourth-order valence-electron chi connectivity index (χ4n) is 0.789. The minimum atomic E-state index is -0.926. The topological polar surface area (TPSA) is 69.7 Å². The third-order valence-corrected chi connectivity index (χ3v) is 1.59. The molecular weight excluding hydrogens is 188 g/mol. The predicted molar refractivity (Wildman–Crippen MR) is 46.1 cm³/mol. The van der Waals surface area contributed by atoms with Gasteiger partial charge in [-0.2, -0.15) is 0 Å². The van der Waals surface area contributed by atoms with Crippen LogP contribution in [-0.2, 0) is 14.6 Å². The van der Waals surface area contributed by atoms with Crippen molar-refractivity contribution in [2.75, 3.05) is 0 Å². The van der Waals surface area contributed by atoms with Gasteiger partial charge in [0.1, 0.15) is 5.56 Å². The highest BCUT2D eigenvalue weighted by Gasteiger charge is 2.28. The highest BCUT2D eigenvalue weighted by molar-refractivity contribution is 5.95. The van der Waals surface area contributed by atoms with E-state index in [2.05, 4.69) is 9.78 Å². The summed E-state index contributed by atoms with van der Waals surface area (Å²) in [4.78, 5) is 40.5. The van der Waals surface area contributed by atoms with Crippen LogP contribution in [0.1, 0.15) is 22.8 Å². The summed E-state index contributed by atoms with van der Waals surface area (Å²) in [5.41, 5.74) is -0.0487. The molecule has 1 aromatic rings. The lowest BCUT2D eigenvalue weighted by Gasteiger charge is -1.95. The summed E-state index contributed by atoms with van der Waals surface area (Å²) in [7, 11) is 0. The van der Waals surface area contributed by atoms with Crippen molar-refractivity contribution < 1.29 is 19.4 Å². The van der Waals surface area contributed by atoms with Gasteiger partial charge in [0.2, 0.25) is 0 Å². The first-order valence-corrected chi connectivity index (χ1v) is 3.89. The lowest BCUT2D eigenvalue weighted by Crippen LogP contribution is -2.08. The molecule has 5 heteroatoms. The number of carbonyl (C=O) groups excluding carboxylic acids is 2. The van der Waals surface area contributed by atoms with E-state index in [1.807, 2.05) is 0 Å². The van der Waals surface area contributed by atoms with Crippen molar-refractivity contribution >= 4 is 11.9 Å². The molecule has 14 heavy (non-hydrogen) atoms. The summed E-state index contributed by atoms with van der Waals surface area (Å²) in [5, 5.41) is 0. The standard InChI is InChI=1S/C9H8O5/c1-3-4-6(10)13-14-9(12)7-5(2)8(7)11/h3-4H,1-2H3/b4-3+. The van der Waals surface area contributed by atoms with E-state index < -0.39 is 11.9 Å². The number of hydrogen-bond acceptors (Lipinski definition) is 5. The third kappa shape index (κ3) is 2.07. The Hall–Kier alpha value is -1.91. The number of rotatable bonds is 2. The Morgan fingerprint density at radius 3 is 2.29 bits per heavy atom. The molecule has 0 bridgehead atoms. The van der Waals surface area contributed by atoms with Gasteiger partial charge in [0.05, 0.1) is 0 Å². The van der Waals surface area contributed by atoms with Crippen LogP contribution in [0.25, 0.3) is 0 Å². The Labute approximate surface area is 79.5 Å². The van der Waals surface area contributed by atoms with Gasteiger partial charge in [0.25, 0.3) is 0 Å². The van der Waals surface area contributed by atoms with Crippen LogP contribution in [0.3, 0.4) is 0 Å². The minimum Gasteiger partial charge on any atom is -0.289 e. The van der Waals surface area contributed by atoms with Crippen LogP contribution in [0.15, 0.2) is 16.9 Å². The Morgan fingerprint density at radius 2 is 1.86 bits per heavy atom. The molecular formula is C9H8O5. The molecule has 0 unspecified atom stereocenters. The largest absolute Gasteiger partial charge is 0.390 e. The van der Waals surface area contributed by atoms with E-state index >= 15 is 0 Å². The first-order chi connectivity index (χ1) is 6.57. The van der Waals surface area contributed by atoms with E-state index in [1.54, 1.807) is 6.92 Å². The van der Waals surface area contributed by atoms with E-state index in [-0.39, 0.29) is 11.0 Å². The van der Waals surface area contributed by atoms with Crippen molar-refractivity contribution in [2.24, 2.45) is 0 Å². The Balaban J connectivity index is 2.41. The first kappa shape index (κ1) is 10.2. The minimum absolute atomic E-state index is 0.0433. The molecule has 0 N–H and O–H groups in total. The van der Waals surface area contributed by atoms with Crippen LogP contribution < -0.4 is 5.43 Å². The van der Waals surface area contributed by atoms with E-state index in [9.17, 15) is 14.4 Å². The van der Waals surface area contributed by atoms with Crippen LogP contribution in [-0.4, -0.2) is 11.9 Å². The zero-order valence-corrected chi connectivity index (χ0v) is 7.70. The molecule has 0 radical (unpaired) electrons. The number of hydrogen-bond donors (Lipinski definition) is 0. The van der Waals surface area contributed by atoms with E-state index in [1.165, 1.54) is 13.0 Å². The van der Waals surface area contributed by atoms with Gasteiger partial charge in [-0.05, 0) is 13.8 Å². The van der Waals surface area contributed by atoms with Gasteiger partial charge in [-0.3, -0.25) is 4.79 Å². The summed E-state index contributed by atoms with van der Waals surface area (Å²) < 4.78 is 0. The fourth-order valence-corrected chi connectivity index (χ4v) is 0.789.